The lowest BCUT2D eigenvalue weighted by atomic mass is 10.0. The Balaban J connectivity index is 2.29. The normalized spacial score (nSPS) is 27.1. The zero-order valence-electron chi connectivity index (χ0n) is 10.5. The first-order valence-corrected chi connectivity index (χ1v) is 6.11. The van der Waals surface area contributed by atoms with E-state index in [0.717, 1.165) is 25.7 Å². The molecule has 1 saturated carbocycles. The average molecular weight is 228 g/mol. The van der Waals surface area contributed by atoms with E-state index in [1.165, 1.54) is 0 Å². The molecule has 0 radical (unpaired) electrons. The number of carbonyl (C=O) groups is 1. The van der Waals surface area contributed by atoms with Gasteiger partial charge in [0.25, 0.3) is 0 Å². The van der Waals surface area contributed by atoms with Crippen molar-refractivity contribution in [2.24, 2.45) is 11.7 Å². The Labute approximate surface area is 97.9 Å². The summed E-state index contributed by atoms with van der Waals surface area (Å²) >= 11 is 0. The molecule has 0 aromatic rings. The van der Waals surface area contributed by atoms with Crippen molar-refractivity contribution in [2.45, 2.75) is 57.7 Å². The number of nitrogens with one attached hydrogen (secondary N) is 1. The number of nitrogens with two attached hydrogens (primary N) is 1. The summed E-state index contributed by atoms with van der Waals surface area (Å²) in [6.07, 6.45) is 3.98. The van der Waals surface area contributed by atoms with E-state index in [4.69, 9.17) is 10.5 Å². The molecule has 0 bridgehead atoms. The van der Waals surface area contributed by atoms with Crippen LogP contribution in [0, 0.1) is 5.92 Å². The van der Waals surface area contributed by atoms with Crippen LogP contribution in [-0.2, 0) is 9.53 Å². The van der Waals surface area contributed by atoms with E-state index >= 15 is 0 Å². The molecule has 0 spiro atoms. The van der Waals surface area contributed by atoms with Gasteiger partial charge in [0.2, 0.25) is 5.91 Å². The molecule has 1 aliphatic carbocycles. The SMILES string of the molecule is COC1CCC(NC(=O)[C@H](N)CC(C)C)C1. The number of hydrogen-bond acceptors (Lipinski definition) is 3. The van der Waals surface area contributed by atoms with Gasteiger partial charge in [-0.25, -0.2) is 0 Å². The number of carbonyl (C=O) groups excluding carboxylic acids is 1. The standard InChI is InChI=1S/C12H24N2O2/c1-8(2)6-11(13)12(15)14-9-4-5-10(7-9)16-3/h8-11H,4-7,13H2,1-3H3,(H,14,15)/t9?,10?,11-/m1/s1. The second kappa shape index (κ2) is 6.21. The highest BCUT2D eigenvalue weighted by Gasteiger charge is 2.27. The topological polar surface area (TPSA) is 64.3 Å². The first-order chi connectivity index (χ1) is 7.52. The molecule has 16 heavy (non-hydrogen) atoms. The Hall–Kier alpha value is -0.610. The lowest BCUT2D eigenvalue weighted by Gasteiger charge is -2.18. The van der Waals surface area contributed by atoms with Crippen molar-refractivity contribution >= 4 is 5.91 Å². The summed E-state index contributed by atoms with van der Waals surface area (Å²) in [5.74, 6) is 0.437. The molecule has 1 rings (SSSR count). The summed E-state index contributed by atoms with van der Waals surface area (Å²) in [5.41, 5.74) is 5.82. The fourth-order valence-electron chi connectivity index (χ4n) is 2.21. The van der Waals surface area contributed by atoms with Crippen molar-refractivity contribution in [1.29, 1.82) is 0 Å². The largest absolute Gasteiger partial charge is 0.381 e. The summed E-state index contributed by atoms with van der Waals surface area (Å²) in [4.78, 5) is 11.8. The van der Waals surface area contributed by atoms with Crippen LogP contribution in [0.4, 0.5) is 0 Å². The average Bonchev–Trinajstić information content (AvgIpc) is 2.64. The molecule has 3 N–H and O–H groups in total. The van der Waals surface area contributed by atoms with E-state index in [1.807, 2.05) is 0 Å². The van der Waals surface area contributed by atoms with Gasteiger partial charge < -0.3 is 15.8 Å². The third-order valence-electron chi connectivity index (χ3n) is 3.13. The predicted octanol–water partition coefficient (Wildman–Crippen LogP) is 1.04. The van der Waals surface area contributed by atoms with Crippen LogP contribution in [0.2, 0.25) is 0 Å². The molecule has 0 aromatic heterocycles. The van der Waals surface area contributed by atoms with Gasteiger partial charge in [0.1, 0.15) is 0 Å². The first-order valence-electron chi connectivity index (χ1n) is 6.11. The molecule has 1 fully saturated rings. The van der Waals surface area contributed by atoms with Gasteiger partial charge in [0.05, 0.1) is 12.1 Å². The van der Waals surface area contributed by atoms with E-state index in [-0.39, 0.29) is 18.0 Å². The Morgan fingerprint density at radius 3 is 2.69 bits per heavy atom. The number of hydrogen-bond donors (Lipinski definition) is 2. The Morgan fingerprint density at radius 1 is 1.50 bits per heavy atom. The van der Waals surface area contributed by atoms with E-state index in [1.54, 1.807) is 7.11 Å². The quantitative estimate of drug-likeness (QED) is 0.739. The molecule has 1 aliphatic rings. The van der Waals surface area contributed by atoms with Crippen LogP contribution in [0.25, 0.3) is 0 Å². The van der Waals surface area contributed by atoms with Crippen LogP contribution < -0.4 is 11.1 Å². The second-order valence-corrected chi connectivity index (χ2v) is 5.11. The number of methoxy groups -OCH3 is 1. The van der Waals surface area contributed by atoms with Gasteiger partial charge >= 0.3 is 0 Å². The highest BCUT2D eigenvalue weighted by molar-refractivity contribution is 5.81. The first kappa shape index (κ1) is 13.5. The molecule has 94 valence electrons. The minimum Gasteiger partial charge on any atom is -0.381 e. The Morgan fingerprint density at radius 2 is 2.19 bits per heavy atom. The fourth-order valence-corrected chi connectivity index (χ4v) is 2.21. The molecule has 0 aromatic carbocycles. The third-order valence-corrected chi connectivity index (χ3v) is 3.13. The summed E-state index contributed by atoms with van der Waals surface area (Å²) in [7, 11) is 1.72. The highest BCUT2D eigenvalue weighted by Crippen LogP contribution is 2.21. The van der Waals surface area contributed by atoms with Gasteiger partial charge in [-0.2, -0.15) is 0 Å². The second-order valence-electron chi connectivity index (χ2n) is 5.11. The molecule has 4 nitrogen and oxygen atoms in total. The Bertz CT molecular complexity index is 231. The monoisotopic (exact) mass is 228 g/mol. The van der Waals surface area contributed by atoms with Gasteiger partial charge in [-0.05, 0) is 31.6 Å². The van der Waals surface area contributed by atoms with Crippen LogP contribution in [0.1, 0.15) is 39.5 Å². The van der Waals surface area contributed by atoms with Gasteiger partial charge in [-0.3, -0.25) is 4.79 Å². The summed E-state index contributed by atoms with van der Waals surface area (Å²) in [5, 5.41) is 3.00. The molecular weight excluding hydrogens is 204 g/mol. The fraction of sp³-hybridized carbons (Fsp3) is 0.917. The van der Waals surface area contributed by atoms with E-state index in [2.05, 4.69) is 19.2 Å². The maximum Gasteiger partial charge on any atom is 0.237 e. The van der Waals surface area contributed by atoms with Crippen molar-refractivity contribution in [3.05, 3.63) is 0 Å². The van der Waals surface area contributed by atoms with Crippen LogP contribution in [0.15, 0.2) is 0 Å². The van der Waals surface area contributed by atoms with E-state index < -0.39 is 0 Å². The molecule has 0 aliphatic heterocycles. The third kappa shape index (κ3) is 4.10. The summed E-state index contributed by atoms with van der Waals surface area (Å²) in [6.45, 7) is 4.15. The number of ether oxygens (including phenoxy) is 1. The van der Waals surface area contributed by atoms with Crippen molar-refractivity contribution in [2.75, 3.05) is 7.11 Å². The predicted molar refractivity (Wildman–Crippen MR) is 64.0 cm³/mol. The van der Waals surface area contributed by atoms with Gasteiger partial charge in [0.15, 0.2) is 0 Å². The van der Waals surface area contributed by atoms with Crippen LogP contribution in [0.5, 0.6) is 0 Å². The van der Waals surface area contributed by atoms with Crippen molar-refractivity contribution in [3.8, 4) is 0 Å². The lowest BCUT2D eigenvalue weighted by Crippen LogP contribution is -2.45. The zero-order valence-corrected chi connectivity index (χ0v) is 10.5. The smallest absolute Gasteiger partial charge is 0.237 e. The Kier molecular flexibility index (Phi) is 5.22. The lowest BCUT2D eigenvalue weighted by molar-refractivity contribution is -0.123. The van der Waals surface area contributed by atoms with Crippen LogP contribution in [0.3, 0.4) is 0 Å². The van der Waals surface area contributed by atoms with Crippen molar-refractivity contribution < 1.29 is 9.53 Å². The van der Waals surface area contributed by atoms with E-state index in [9.17, 15) is 4.79 Å². The molecule has 0 heterocycles. The number of rotatable bonds is 5. The summed E-state index contributed by atoms with van der Waals surface area (Å²) < 4.78 is 5.27. The van der Waals surface area contributed by atoms with Crippen molar-refractivity contribution in [3.63, 3.8) is 0 Å². The summed E-state index contributed by atoms with van der Waals surface area (Å²) in [6, 6.07) is -0.128. The number of amides is 1. The molecule has 3 atom stereocenters. The molecule has 2 unspecified atom stereocenters. The zero-order chi connectivity index (χ0) is 12.1. The molecule has 1 amide bonds. The van der Waals surface area contributed by atoms with Crippen LogP contribution in [-0.4, -0.2) is 31.2 Å². The van der Waals surface area contributed by atoms with Crippen LogP contribution >= 0.6 is 0 Å². The van der Waals surface area contributed by atoms with Gasteiger partial charge in [0, 0.05) is 13.2 Å². The maximum absolute atomic E-state index is 11.8. The maximum atomic E-state index is 11.8. The minimum absolute atomic E-state index is 0.0181. The molecule has 4 heteroatoms. The molecular formula is C12H24N2O2. The molecule has 0 saturated heterocycles. The highest BCUT2D eigenvalue weighted by atomic mass is 16.5. The van der Waals surface area contributed by atoms with Gasteiger partial charge in [-0.15, -0.1) is 0 Å². The van der Waals surface area contributed by atoms with E-state index in [0.29, 0.717) is 12.0 Å². The minimum atomic E-state index is -0.374. The van der Waals surface area contributed by atoms with Crippen molar-refractivity contribution in [1.82, 2.24) is 5.32 Å². The van der Waals surface area contributed by atoms with Gasteiger partial charge in [-0.1, -0.05) is 13.8 Å².